The van der Waals surface area contributed by atoms with Gasteiger partial charge in [-0.2, -0.15) is 0 Å². The minimum Gasteiger partial charge on any atom is -0.489 e. The fourth-order valence-corrected chi connectivity index (χ4v) is 2.95. The lowest BCUT2D eigenvalue weighted by molar-refractivity contribution is -0.151. The van der Waals surface area contributed by atoms with Gasteiger partial charge in [-0.3, -0.25) is 4.79 Å². The number of carbonyl (C=O) groups is 1. The summed E-state index contributed by atoms with van der Waals surface area (Å²) < 4.78 is 23.5. The SMILES string of the molecule is COC(=O)C(C)(C)CCCCCc1ccc(OCc2ccc(F)cc2)cc1. The molecule has 0 aliphatic heterocycles. The second-order valence-electron chi connectivity index (χ2n) is 7.50. The van der Waals surface area contributed by atoms with Crippen LogP contribution in [-0.4, -0.2) is 13.1 Å². The van der Waals surface area contributed by atoms with Crippen LogP contribution in [0.15, 0.2) is 48.5 Å². The summed E-state index contributed by atoms with van der Waals surface area (Å²) in [6, 6.07) is 14.4. The molecule has 0 amide bonds. The van der Waals surface area contributed by atoms with Crippen LogP contribution in [0.5, 0.6) is 5.75 Å². The summed E-state index contributed by atoms with van der Waals surface area (Å²) in [5.74, 6) is 0.429. The molecule has 0 aliphatic carbocycles. The molecule has 0 saturated heterocycles. The van der Waals surface area contributed by atoms with Crippen LogP contribution in [0.4, 0.5) is 4.39 Å². The highest BCUT2D eigenvalue weighted by Crippen LogP contribution is 2.25. The molecular weight excluding hydrogens is 343 g/mol. The first-order valence-electron chi connectivity index (χ1n) is 9.45. The van der Waals surface area contributed by atoms with Gasteiger partial charge in [0.05, 0.1) is 12.5 Å². The highest BCUT2D eigenvalue weighted by Gasteiger charge is 2.27. The molecule has 0 spiro atoms. The number of esters is 1. The Balaban J connectivity index is 1.68. The molecule has 146 valence electrons. The Labute approximate surface area is 161 Å². The topological polar surface area (TPSA) is 35.5 Å². The summed E-state index contributed by atoms with van der Waals surface area (Å²) >= 11 is 0. The molecule has 0 heterocycles. The Morgan fingerprint density at radius 3 is 2.19 bits per heavy atom. The zero-order valence-corrected chi connectivity index (χ0v) is 16.5. The van der Waals surface area contributed by atoms with Crippen molar-refractivity contribution >= 4 is 5.97 Å². The van der Waals surface area contributed by atoms with Gasteiger partial charge in [0.1, 0.15) is 18.2 Å². The number of benzene rings is 2. The molecule has 3 nitrogen and oxygen atoms in total. The maximum Gasteiger partial charge on any atom is 0.311 e. The molecule has 0 unspecified atom stereocenters. The highest BCUT2D eigenvalue weighted by atomic mass is 19.1. The van der Waals surface area contributed by atoms with E-state index < -0.39 is 5.41 Å². The van der Waals surface area contributed by atoms with Gasteiger partial charge in [0.2, 0.25) is 0 Å². The lowest BCUT2D eigenvalue weighted by Crippen LogP contribution is -2.25. The van der Waals surface area contributed by atoms with E-state index >= 15 is 0 Å². The predicted molar refractivity (Wildman–Crippen MR) is 105 cm³/mol. The average molecular weight is 372 g/mol. The predicted octanol–water partition coefficient (Wildman–Crippen LogP) is 5.71. The first kappa shape index (κ1) is 20.9. The van der Waals surface area contributed by atoms with Gasteiger partial charge in [-0.05, 0) is 68.5 Å². The summed E-state index contributed by atoms with van der Waals surface area (Å²) in [5.41, 5.74) is 1.81. The van der Waals surface area contributed by atoms with Crippen LogP contribution in [0.3, 0.4) is 0 Å². The molecule has 2 aromatic rings. The van der Waals surface area contributed by atoms with E-state index in [0.29, 0.717) is 6.61 Å². The van der Waals surface area contributed by atoms with Crippen LogP contribution in [0.25, 0.3) is 0 Å². The maximum atomic E-state index is 12.9. The van der Waals surface area contributed by atoms with Crippen molar-refractivity contribution in [1.29, 1.82) is 0 Å². The van der Waals surface area contributed by atoms with Gasteiger partial charge < -0.3 is 9.47 Å². The van der Waals surface area contributed by atoms with Gasteiger partial charge >= 0.3 is 5.97 Å². The third kappa shape index (κ3) is 7.05. The van der Waals surface area contributed by atoms with Crippen molar-refractivity contribution in [2.75, 3.05) is 7.11 Å². The van der Waals surface area contributed by atoms with Crippen LogP contribution in [0, 0.1) is 11.2 Å². The number of aryl methyl sites for hydroxylation is 1. The number of unbranched alkanes of at least 4 members (excludes halogenated alkanes) is 2. The van der Waals surface area contributed by atoms with Gasteiger partial charge in [-0.25, -0.2) is 4.39 Å². The third-order valence-corrected chi connectivity index (χ3v) is 4.75. The van der Waals surface area contributed by atoms with Crippen LogP contribution in [-0.2, 0) is 22.6 Å². The lowest BCUT2D eigenvalue weighted by Gasteiger charge is -2.20. The van der Waals surface area contributed by atoms with Gasteiger partial charge in [0, 0.05) is 0 Å². The van der Waals surface area contributed by atoms with Crippen molar-refractivity contribution < 1.29 is 18.7 Å². The van der Waals surface area contributed by atoms with E-state index in [1.165, 1.54) is 24.8 Å². The van der Waals surface area contributed by atoms with E-state index in [4.69, 9.17) is 9.47 Å². The van der Waals surface area contributed by atoms with E-state index in [1.54, 1.807) is 12.1 Å². The van der Waals surface area contributed by atoms with Crippen LogP contribution < -0.4 is 4.74 Å². The Morgan fingerprint density at radius 1 is 0.926 bits per heavy atom. The fourth-order valence-electron chi connectivity index (χ4n) is 2.95. The average Bonchev–Trinajstić information content (AvgIpc) is 2.67. The summed E-state index contributed by atoms with van der Waals surface area (Å²) in [7, 11) is 1.44. The lowest BCUT2D eigenvalue weighted by atomic mass is 9.87. The smallest absolute Gasteiger partial charge is 0.311 e. The number of rotatable bonds is 10. The van der Waals surface area contributed by atoms with Crippen LogP contribution in [0.2, 0.25) is 0 Å². The number of hydrogen-bond donors (Lipinski definition) is 0. The van der Waals surface area contributed by atoms with Gasteiger partial charge in [-0.15, -0.1) is 0 Å². The minimum atomic E-state index is -0.405. The van der Waals surface area contributed by atoms with Crippen molar-refractivity contribution in [3.8, 4) is 5.75 Å². The van der Waals surface area contributed by atoms with Crippen molar-refractivity contribution in [3.63, 3.8) is 0 Å². The molecule has 4 heteroatoms. The molecule has 0 saturated carbocycles. The molecule has 0 N–H and O–H groups in total. The molecule has 0 bridgehead atoms. The van der Waals surface area contributed by atoms with Crippen molar-refractivity contribution in [1.82, 2.24) is 0 Å². The molecule has 0 radical (unpaired) electrons. The normalized spacial score (nSPS) is 11.3. The van der Waals surface area contributed by atoms with Gasteiger partial charge in [-0.1, -0.05) is 37.1 Å². The Bertz CT molecular complexity index is 705. The number of methoxy groups -OCH3 is 1. The standard InChI is InChI=1S/C23H29FO3/c1-23(2,22(25)26-3)16-6-4-5-7-18-10-14-21(15-11-18)27-17-19-8-12-20(24)13-9-19/h8-15H,4-7,16-17H2,1-3H3. The number of ether oxygens (including phenoxy) is 2. The third-order valence-electron chi connectivity index (χ3n) is 4.75. The second kappa shape index (κ2) is 10.1. The summed E-state index contributed by atoms with van der Waals surface area (Å²) in [6.45, 7) is 4.29. The first-order chi connectivity index (χ1) is 12.9. The zero-order valence-electron chi connectivity index (χ0n) is 16.5. The molecular formula is C23H29FO3. The number of hydrogen-bond acceptors (Lipinski definition) is 3. The molecule has 2 aromatic carbocycles. The van der Waals surface area contributed by atoms with E-state index in [-0.39, 0.29) is 11.8 Å². The van der Waals surface area contributed by atoms with Crippen molar-refractivity contribution in [3.05, 3.63) is 65.5 Å². The molecule has 0 atom stereocenters. The molecule has 0 aliphatic rings. The van der Waals surface area contributed by atoms with E-state index in [1.807, 2.05) is 26.0 Å². The van der Waals surface area contributed by atoms with E-state index in [2.05, 4.69) is 12.1 Å². The summed E-state index contributed by atoms with van der Waals surface area (Å²) in [5, 5.41) is 0. The van der Waals surface area contributed by atoms with E-state index in [0.717, 1.165) is 43.4 Å². The summed E-state index contributed by atoms with van der Waals surface area (Å²) in [4.78, 5) is 11.7. The monoisotopic (exact) mass is 372 g/mol. The van der Waals surface area contributed by atoms with Gasteiger partial charge in [0.25, 0.3) is 0 Å². The van der Waals surface area contributed by atoms with E-state index in [9.17, 15) is 9.18 Å². The Hall–Kier alpha value is -2.36. The largest absolute Gasteiger partial charge is 0.489 e. The Morgan fingerprint density at radius 2 is 1.56 bits per heavy atom. The fraction of sp³-hybridized carbons (Fsp3) is 0.435. The van der Waals surface area contributed by atoms with Crippen molar-refractivity contribution in [2.45, 2.75) is 52.6 Å². The van der Waals surface area contributed by atoms with Crippen LogP contribution in [0.1, 0.15) is 50.7 Å². The molecule has 2 rings (SSSR count). The molecule has 0 fully saturated rings. The number of carbonyl (C=O) groups excluding carboxylic acids is 1. The summed E-state index contributed by atoms with van der Waals surface area (Å²) in [6.07, 6.45) is 5.05. The molecule has 0 aromatic heterocycles. The number of halogens is 1. The molecule has 27 heavy (non-hydrogen) atoms. The van der Waals surface area contributed by atoms with Gasteiger partial charge in [0.15, 0.2) is 0 Å². The highest BCUT2D eigenvalue weighted by molar-refractivity contribution is 5.75. The quantitative estimate of drug-likeness (QED) is 0.396. The zero-order chi connectivity index (χ0) is 19.7. The Kier molecular flexibility index (Phi) is 7.83. The minimum absolute atomic E-state index is 0.140. The van der Waals surface area contributed by atoms with Crippen LogP contribution >= 0.6 is 0 Å². The second-order valence-corrected chi connectivity index (χ2v) is 7.50. The maximum absolute atomic E-state index is 12.9. The first-order valence-corrected chi connectivity index (χ1v) is 9.45. The van der Waals surface area contributed by atoms with Crippen molar-refractivity contribution in [2.24, 2.45) is 5.41 Å².